The van der Waals surface area contributed by atoms with Crippen LogP contribution in [-0.4, -0.2) is 17.7 Å². The van der Waals surface area contributed by atoms with Gasteiger partial charge in [0.25, 0.3) is 5.56 Å². The fraction of sp³-hybridized carbons (Fsp3) is 0.583. The van der Waals surface area contributed by atoms with Crippen LogP contribution in [0.4, 0.5) is 5.69 Å². The first-order valence-electron chi connectivity index (χ1n) is 5.88. The molecular weight excluding hydrogens is 202 g/mol. The third kappa shape index (κ3) is 1.29. The van der Waals surface area contributed by atoms with Gasteiger partial charge in [-0.3, -0.25) is 4.79 Å². The van der Waals surface area contributed by atoms with Crippen LogP contribution in [0.1, 0.15) is 18.5 Å². The molecule has 2 unspecified atom stereocenters. The van der Waals surface area contributed by atoms with Gasteiger partial charge in [0.15, 0.2) is 0 Å². The van der Waals surface area contributed by atoms with Crippen molar-refractivity contribution in [2.24, 2.45) is 11.8 Å². The second kappa shape index (κ2) is 3.35. The summed E-state index contributed by atoms with van der Waals surface area (Å²) in [7, 11) is 0. The maximum Gasteiger partial charge on any atom is 0.252 e. The van der Waals surface area contributed by atoms with E-state index in [9.17, 15) is 4.79 Å². The van der Waals surface area contributed by atoms with E-state index >= 15 is 0 Å². The number of nitrogen functional groups attached to an aromatic ring is 1. The molecule has 0 spiro atoms. The van der Waals surface area contributed by atoms with Gasteiger partial charge in [-0.2, -0.15) is 0 Å². The zero-order chi connectivity index (χ0) is 11.3. The first-order chi connectivity index (χ1) is 7.66. The highest BCUT2D eigenvalue weighted by Gasteiger charge is 2.37. The van der Waals surface area contributed by atoms with Gasteiger partial charge in [-0.15, -0.1) is 0 Å². The summed E-state index contributed by atoms with van der Waals surface area (Å²) in [5, 5.41) is 3.44. The summed E-state index contributed by atoms with van der Waals surface area (Å²) in [6, 6.07) is 3.49. The maximum atomic E-state index is 11.9. The largest absolute Gasteiger partial charge is 0.399 e. The van der Waals surface area contributed by atoms with E-state index in [0.29, 0.717) is 23.4 Å². The predicted molar refractivity (Wildman–Crippen MR) is 63.4 cm³/mol. The molecule has 1 aromatic heterocycles. The number of nitrogens with zero attached hydrogens (tertiary/aromatic N) is 1. The number of nitrogens with two attached hydrogens (primary N) is 1. The van der Waals surface area contributed by atoms with Gasteiger partial charge < -0.3 is 15.6 Å². The van der Waals surface area contributed by atoms with Gasteiger partial charge in [0.05, 0.1) is 0 Å². The van der Waals surface area contributed by atoms with Gasteiger partial charge in [-0.05, 0) is 24.4 Å². The Kier molecular flexibility index (Phi) is 2.07. The van der Waals surface area contributed by atoms with Crippen LogP contribution in [-0.2, 0) is 6.54 Å². The number of hydrogen-bond acceptors (Lipinski definition) is 3. The molecule has 2 aliphatic heterocycles. The summed E-state index contributed by atoms with van der Waals surface area (Å²) in [4.78, 5) is 11.9. The summed E-state index contributed by atoms with van der Waals surface area (Å²) >= 11 is 0. The maximum absolute atomic E-state index is 11.9. The number of aromatic nitrogens is 1. The highest BCUT2D eigenvalue weighted by molar-refractivity contribution is 5.40. The molecule has 0 aliphatic carbocycles. The van der Waals surface area contributed by atoms with Crippen LogP contribution in [0.25, 0.3) is 0 Å². The number of piperidine rings is 1. The predicted octanol–water partition coefficient (Wildman–Crippen LogP) is 0.383. The average molecular weight is 219 g/mol. The van der Waals surface area contributed by atoms with Gasteiger partial charge in [-0.1, -0.05) is 6.92 Å². The highest BCUT2D eigenvalue weighted by atomic mass is 16.1. The Morgan fingerprint density at radius 3 is 3.06 bits per heavy atom. The average Bonchev–Trinajstić information content (AvgIpc) is 2.20. The van der Waals surface area contributed by atoms with E-state index in [2.05, 4.69) is 12.2 Å². The van der Waals surface area contributed by atoms with E-state index in [1.807, 2.05) is 10.6 Å². The molecular formula is C12H17N3O. The van der Waals surface area contributed by atoms with Gasteiger partial charge in [0.1, 0.15) is 0 Å². The number of fused-ring (bicyclic) bond motifs is 4. The highest BCUT2D eigenvalue weighted by Crippen LogP contribution is 2.37. The Hall–Kier alpha value is -1.29. The first kappa shape index (κ1) is 9.90. The van der Waals surface area contributed by atoms with E-state index < -0.39 is 0 Å². The van der Waals surface area contributed by atoms with Crippen molar-refractivity contribution in [2.75, 3.05) is 18.8 Å². The van der Waals surface area contributed by atoms with Crippen molar-refractivity contribution in [1.82, 2.24) is 9.88 Å². The smallest absolute Gasteiger partial charge is 0.252 e. The molecule has 2 bridgehead atoms. The van der Waals surface area contributed by atoms with Crippen LogP contribution in [0.3, 0.4) is 0 Å². The zero-order valence-electron chi connectivity index (χ0n) is 9.44. The van der Waals surface area contributed by atoms with Crippen LogP contribution in [0.2, 0.25) is 0 Å². The standard InChI is InChI=1S/C12H17N3O/c1-7-8-4-14-5-10(7)11-2-9(13)3-12(16)15(11)6-8/h2-3,7-8,10,14H,4-6,13H2,1H3/t7?,8?,10-/m1/s1. The summed E-state index contributed by atoms with van der Waals surface area (Å²) < 4.78 is 1.91. The van der Waals surface area contributed by atoms with Gasteiger partial charge in [0.2, 0.25) is 0 Å². The van der Waals surface area contributed by atoms with Gasteiger partial charge in [-0.25, -0.2) is 0 Å². The Morgan fingerprint density at radius 1 is 1.44 bits per heavy atom. The van der Waals surface area contributed by atoms with Gasteiger partial charge >= 0.3 is 0 Å². The molecule has 86 valence electrons. The number of rotatable bonds is 0. The monoisotopic (exact) mass is 219 g/mol. The first-order valence-corrected chi connectivity index (χ1v) is 5.88. The normalized spacial score (nSPS) is 32.2. The number of nitrogens with one attached hydrogen (secondary N) is 1. The minimum absolute atomic E-state index is 0.0544. The van der Waals surface area contributed by atoms with Crippen LogP contribution >= 0.6 is 0 Å². The molecule has 16 heavy (non-hydrogen) atoms. The van der Waals surface area contributed by atoms with Crippen LogP contribution < -0.4 is 16.6 Å². The molecule has 4 heteroatoms. The molecule has 0 aromatic carbocycles. The Balaban J connectivity index is 2.18. The third-order valence-corrected chi connectivity index (χ3v) is 4.13. The Labute approximate surface area is 94.5 Å². The molecule has 0 saturated carbocycles. The third-order valence-electron chi connectivity index (χ3n) is 4.13. The van der Waals surface area contributed by atoms with E-state index in [1.54, 1.807) is 0 Å². The lowest BCUT2D eigenvalue weighted by atomic mass is 9.75. The lowest BCUT2D eigenvalue weighted by Gasteiger charge is -2.42. The molecule has 3 N–H and O–H groups in total. The topological polar surface area (TPSA) is 60.0 Å². The molecule has 2 aliphatic rings. The molecule has 4 nitrogen and oxygen atoms in total. The second-order valence-electron chi connectivity index (χ2n) is 5.05. The van der Waals surface area contributed by atoms with Crippen molar-refractivity contribution in [3.8, 4) is 0 Å². The lowest BCUT2D eigenvalue weighted by Crippen LogP contribution is -2.49. The zero-order valence-corrected chi connectivity index (χ0v) is 9.44. The molecule has 3 rings (SSSR count). The van der Waals surface area contributed by atoms with Crippen molar-refractivity contribution in [3.63, 3.8) is 0 Å². The fourth-order valence-corrected chi connectivity index (χ4v) is 3.10. The van der Waals surface area contributed by atoms with Crippen molar-refractivity contribution in [1.29, 1.82) is 0 Å². The van der Waals surface area contributed by atoms with E-state index in [0.717, 1.165) is 25.3 Å². The molecule has 1 fully saturated rings. The van der Waals surface area contributed by atoms with Crippen molar-refractivity contribution < 1.29 is 0 Å². The van der Waals surface area contributed by atoms with E-state index in [-0.39, 0.29) is 5.56 Å². The minimum atomic E-state index is 0.0544. The number of pyridine rings is 1. The van der Waals surface area contributed by atoms with Crippen LogP contribution in [0.15, 0.2) is 16.9 Å². The fourth-order valence-electron chi connectivity index (χ4n) is 3.10. The van der Waals surface area contributed by atoms with Gasteiger partial charge in [0, 0.05) is 36.5 Å². The Morgan fingerprint density at radius 2 is 2.25 bits per heavy atom. The van der Waals surface area contributed by atoms with E-state index in [4.69, 9.17) is 5.73 Å². The summed E-state index contributed by atoms with van der Waals surface area (Å²) in [5.41, 5.74) is 7.52. The molecule has 3 heterocycles. The molecule has 1 saturated heterocycles. The quantitative estimate of drug-likeness (QED) is 0.663. The minimum Gasteiger partial charge on any atom is -0.399 e. The van der Waals surface area contributed by atoms with E-state index in [1.165, 1.54) is 6.07 Å². The van der Waals surface area contributed by atoms with Crippen molar-refractivity contribution in [3.05, 3.63) is 28.2 Å². The summed E-state index contributed by atoms with van der Waals surface area (Å²) in [6.45, 7) is 5.10. The number of hydrogen-bond donors (Lipinski definition) is 2. The van der Waals surface area contributed by atoms with Crippen molar-refractivity contribution >= 4 is 5.69 Å². The summed E-state index contributed by atoms with van der Waals surface area (Å²) in [6.07, 6.45) is 0. The molecule has 3 atom stereocenters. The Bertz CT molecular complexity index is 480. The molecule has 0 amide bonds. The SMILES string of the molecule is CC1C2CNC[C@H]1c1cc(N)cc(=O)n1C2. The molecule has 1 aromatic rings. The van der Waals surface area contributed by atoms with Crippen molar-refractivity contribution in [2.45, 2.75) is 19.4 Å². The van der Waals surface area contributed by atoms with Crippen LogP contribution in [0.5, 0.6) is 0 Å². The van der Waals surface area contributed by atoms with Crippen LogP contribution in [0, 0.1) is 11.8 Å². The number of anilines is 1. The molecule has 0 radical (unpaired) electrons. The second-order valence-corrected chi connectivity index (χ2v) is 5.05. The summed E-state index contributed by atoms with van der Waals surface area (Å²) in [5.74, 6) is 1.65. The lowest BCUT2D eigenvalue weighted by molar-refractivity contribution is 0.173.